The van der Waals surface area contributed by atoms with Gasteiger partial charge in [-0.3, -0.25) is 4.90 Å². The van der Waals surface area contributed by atoms with Gasteiger partial charge in [0.1, 0.15) is 0 Å². The van der Waals surface area contributed by atoms with E-state index < -0.39 is 0 Å². The van der Waals surface area contributed by atoms with Crippen molar-refractivity contribution in [2.45, 2.75) is 65.6 Å². The first-order valence-electron chi connectivity index (χ1n) is 9.45. The highest BCUT2D eigenvalue weighted by molar-refractivity contribution is 5.40. The van der Waals surface area contributed by atoms with Gasteiger partial charge in [-0.15, -0.1) is 0 Å². The first kappa shape index (κ1) is 19.7. The predicted molar refractivity (Wildman–Crippen MR) is 107 cm³/mol. The molecule has 2 aromatic rings. The second kappa shape index (κ2) is 9.17. The summed E-state index contributed by atoms with van der Waals surface area (Å²) in [4.78, 5) is 2.56. The van der Waals surface area contributed by atoms with E-state index in [-0.39, 0.29) is 6.61 Å². The molecule has 1 N–H and O–H groups in total. The Morgan fingerprint density at radius 1 is 0.920 bits per heavy atom. The molecule has 0 aromatic heterocycles. The number of rotatable bonds is 8. The Kier molecular flexibility index (Phi) is 7.22. The molecule has 0 saturated heterocycles. The van der Waals surface area contributed by atoms with Gasteiger partial charge in [0.25, 0.3) is 0 Å². The smallest absolute Gasteiger partial charge is 0.0681 e. The maximum absolute atomic E-state index is 9.56. The molecule has 136 valence electrons. The van der Waals surface area contributed by atoms with E-state index in [0.29, 0.717) is 18.0 Å². The molecule has 0 amide bonds. The lowest BCUT2D eigenvalue weighted by Crippen LogP contribution is -2.38. The van der Waals surface area contributed by atoms with Gasteiger partial charge in [-0.2, -0.15) is 0 Å². The molecule has 2 heteroatoms. The van der Waals surface area contributed by atoms with Crippen molar-refractivity contribution >= 4 is 0 Å². The van der Waals surface area contributed by atoms with Gasteiger partial charge in [-0.25, -0.2) is 0 Å². The van der Waals surface area contributed by atoms with Crippen molar-refractivity contribution in [2.24, 2.45) is 0 Å². The van der Waals surface area contributed by atoms with Crippen LogP contribution < -0.4 is 0 Å². The fourth-order valence-corrected chi connectivity index (χ4v) is 3.74. The Labute approximate surface area is 153 Å². The third-order valence-electron chi connectivity index (χ3n) is 5.11. The largest absolute Gasteiger partial charge is 0.392 e. The Morgan fingerprint density at radius 2 is 1.56 bits per heavy atom. The van der Waals surface area contributed by atoms with Crippen LogP contribution in [0.3, 0.4) is 0 Å². The summed E-state index contributed by atoms with van der Waals surface area (Å²) < 4.78 is 0. The average molecular weight is 340 g/mol. The van der Waals surface area contributed by atoms with Crippen LogP contribution in [0.4, 0.5) is 0 Å². The van der Waals surface area contributed by atoms with E-state index >= 15 is 0 Å². The fraction of sp³-hybridized carbons (Fsp3) is 0.478. The van der Waals surface area contributed by atoms with E-state index in [1.165, 1.54) is 16.7 Å². The summed E-state index contributed by atoms with van der Waals surface area (Å²) >= 11 is 0. The molecule has 0 bridgehead atoms. The molecule has 0 aliphatic rings. The zero-order chi connectivity index (χ0) is 18.4. The molecular weight excluding hydrogens is 306 g/mol. The van der Waals surface area contributed by atoms with Crippen molar-refractivity contribution in [3.8, 4) is 0 Å². The lowest BCUT2D eigenvalue weighted by molar-refractivity contribution is 0.170. The summed E-state index contributed by atoms with van der Waals surface area (Å²) in [6.45, 7) is 12.4. The van der Waals surface area contributed by atoms with Gasteiger partial charge >= 0.3 is 0 Å². The van der Waals surface area contributed by atoms with Crippen LogP contribution in [0, 0.1) is 6.92 Å². The SMILES string of the molecule is Cc1ccc(CO)cc1[C@H](CCN(C(C)C)C(C)C)c1ccccc1. The highest BCUT2D eigenvalue weighted by atomic mass is 16.3. The van der Waals surface area contributed by atoms with Crippen molar-refractivity contribution in [2.75, 3.05) is 6.54 Å². The van der Waals surface area contributed by atoms with E-state index in [4.69, 9.17) is 0 Å². The first-order chi connectivity index (χ1) is 11.9. The summed E-state index contributed by atoms with van der Waals surface area (Å²) in [5.41, 5.74) is 4.98. The Hall–Kier alpha value is -1.64. The standard InChI is InChI=1S/C23H33NO/c1-17(2)24(18(3)4)14-13-22(21-9-7-6-8-10-21)23-15-20(16-25)12-11-19(23)5/h6-12,15,17-18,22,25H,13-14,16H2,1-5H3/t22-/m1/s1. The van der Waals surface area contributed by atoms with Crippen LogP contribution in [0.1, 0.15) is 62.3 Å². The summed E-state index contributed by atoms with van der Waals surface area (Å²) in [7, 11) is 0. The molecule has 2 rings (SSSR count). The molecule has 0 unspecified atom stereocenters. The van der Waals surface area contributed by atoms with Crippen molar-refractivity contribution in [1.82, 2.24) is 4.90 Å². The normalized spacial score (nSPS) is 13.0. The Balaban J connectivity index is 2.35. The van der Waals surface area contributed by atoms with Crippen LogP contribution in [0.25, 0.3) is 0 Å². The van der Waals surface area contributed by atoms with Crippen molar-refractivity contribution in [3.05, 3.63) is 70.8 Å². The highest BCUT2D eigenvalue weighted by Gasteiger charge is 2.20. The third-order valence-corrected chi connectivity index (χ3v) is 5.11. The number of aryl methyl sites for hydroxylation is 1. The molecule has 2 aromatic carbocycles. The number of nitrogens with zero attached hydrogens (tertiary/aromatic N) is 1. The Morgan fingerprint density at radius 3 is 2.12 bits per heavy atom. The van der Waals surface area contributed by atoms with Crippen molar-refractivity contribution in [1.29, 1.82) is 0 Å². The van der Waals surface area contributed by atoms with Crippen LogP contribution in [-0.4, -0.2) is 28.6 Å². The lowest BCUT2D eigenvalue weighted by Gasteiger charge is -2.32. The summed E-state index contributed by atoms with van der Waals surface area (Å²) in [5.74, 6) is 0.354. The monoisotopic (exact) mass is 339 g/mol. The fourth-order valence-electron chi connectivity index (χ4n) is 3.74. The van der Waals surface area contributed by atoms with Gasteiger partial charge in [0.05, 0.1) is 6.61 Å². The third kappa shape index (κ3) is 5.17. The number of hydrogen-bond donors (Lipinski definition) is 1. The highest BCUT2D eigenvalue weighted by Crippen LogP contribution is 2.31. The Bertz CT molecular complexity index is 640. The zero-order valence-electron chi connectivity index (χ0n) is 16.4. The molecule has 0 fully saturated rings. The predicted octanol–water partition coefficient (Wildman–Crippen LogP) is 5.13. The molecule has 25 heavy (non-hydrogen) atoms. The van der Waals surface area contributed by atoms with Gasteiger partial charge < -0.3 is 5.11 Å². The van der Waals surface area contributed by atoms with Gasteiger partial charge in [-0.05, 0) is 69.8 Å². The quantitative estimate of drug-likeness (QED) is 0.721. The average Bonchev–Trinajstić information content (AvgIpc) is 2.59. The van der Waals surface area contributed by atoms with Crippen LogP contribution in [-0.2, 0) is 6.61 Å². The molecule has 0 saturated carbocycles. The zero-order valence-corrected chi connectivity index (χ0v) is 16.4. The van der Waals surface area contributed by atoms with Crippen molar-refractivity contribution < 1.29 is 5.11 Å². The van der Waals surface area contributed by atoms with E-state index in [0.717, 1.165) is 18.5 Å². The molecule has 0 radical (unpaired) electrons. The maximum atomic E-state index is 9.56. The van der Waals surface area contributed by atoms with Gasteiger partial charge in [-0.1, -0.05) is 48.5 Å². The minimum Gasteiger partial charge on any atom is -0.392 e. The topological polar surface area (TPSA) is 23.5 Å². The number of hydrogen-bond acceptors (Lipinski definition) is 2. The van der Waals surface area contributed by atoms with Gasteiger partial charge in [0, 0.05) is 18.0 Å². The molecule has 0 heterocycles. The van der Waals surface area contributed by atoms with Crippen LogP contribution in [0.15, 0.2) is 48.5 Å². The molecule has 0 aliphatic heterocycles. The maximum Gasteiger partial charge on any atom is 0.0681 e. The second-order valence-electron chi connectivity index (χ2n) is 7.53. The second-order valence-corrected chi connectivity index (χ2v) is 7.53. The van der Waals surface area contributed by atoms with E-state index in [1.54, 1.807) is 0 Å². The molecule has 0 spiro atoms. The van der Waals surface area contributed by atoms with E-state index in [9.17, 15) is 5.11 Å². The number of benzene rings is 2. The molecular formula is C23H33NO. The number of aliphatic hydroxyl groups is 1. The van der Waals surface area contributed by atoms with Crippen LogP contribution in [0.2, 0.25) is 0 Å². The number of aliphatic hydroxyl groups excluding tert-OH is 1. The van der Waals surface area contributed by atoms with Crippen LogP contribution in [0.5, 0.6) is 0 Å². The molecule has 2 nitrogen and oxygen atoms in total. The van der Waals surface area contributed by atoms with Gasteiger partial charge in [0.15, 0.2) is 0 Å². The molecule has 0 aliphatic carbocycles. The summed E-state index contributed by atoms with van der Waals surface area (Å²) in [5, 5.41) is 9.56. The summed E-state index contributed by atoms with van der Waals surface area (Å²) in [6, 6.07) is 18.2. The van der Waals surface area contributed by atoms with E-state index in [1.807, 2.05) is 6.07 Å². The minimum absolute atomic E-state index is 0.0961. The minimum atomic E-state index is 0.0961. The van der Waals surface area contributed by atoms with Crippen LogP contribution >= 0.6 is 0 Å². The summed E-state index contributed by atoms with van der Waals surface area (Å²) in [6.07, 6.45) is 1.08. The van der Waals surface area contributed by atoms with Crippen molar-refractivity contribution in [3.63, 3.8) is 0 Å². The van der Waals surface area contributed by atoms with Gasteiger partial charge in [0.2, 0.25) is 0 Å². The lowest BCUT2D eigenvalue weighted by atomic mass is 9.85. The van der Waals surface area contributed by atoms with E-state index in [2.05, 4.69) is 82.0 Å². The molecule has 1 atom stereocenters. The first-order valence-corrected chi connectivity index (χ1v) is 9.45.